The normalized spacial score (nSPS) is 16.1. The van der Waals surface area contributed by atoms with Gasteiger partial charge in [0.2, 0.25) is 5.91 Å². The fourth-order valence-corrected chi connectivity index (χ4v) is 3.93. The first-order valence-corrected chi connectivity index (χ1v) is 11.7. The van der Waals surface area contributed by atoms with Crippen LogP contribution in [0.2, 0.25) is 0 Å². The number of likely N-dealkylation sites (tertiary alicyclic amines) is 1. The van der Waals surface area contributed by atoms with Crippen molar-refractivity contribution in [2.75, 3.05) is 19.6 Å². The molecule has 1 aliphatic heterocycles. The van der Waals surface area contributed by atoms with Crippen molar-refractivity contribution >= 4 is 11.9 Å². The summed E-state index contributed by atoms with van der Waals surface area (Å²) in [5.74, 6) is 1.37. The summed E-state index contributed by atoms with van der Waals surface area (Å²) in [6.07, 6.45) is 3.80. The first-order chi connectivity index (χ1) is 14.3. The van der Waals surface area contributed by atoms with E-state index in [9.17, 15) is 4.79 Å². The van der Waals surface area contributed by atoms with Gasteiger partial charge in [-0.2, -0.15) is 0 Å². The summed E-state index contributed by atoms with van der Waals surface area (Å²) in [5.41, 5.74) is 2.73. The van der Waals surface area contributed by atoms with E-state index >= 15 is 0 Å². The van der Waals surface area contributed by atoms with Crippen molar-refractivity contribution in [1.29, 1.82) is 0 Å². The largest absolute Gasteiger partial charge is 0.357 e. The Hall–Kier alpha value is -2.04. The van der Waals surface area contributed by atoms with E-state index in [1.165, 1.54) is 11.1 Å². The van der Waals surface area contributed by atoms with Crippen molar-refractivity contribution in [1.82, 2.24) is 15.5 Å². The van der Waals surface area contributed by atoms with Crippen LogP contribution in [0.5, 0.6) is 0 Å². The van der Waals surface area contributed by atoms with Crippen molar-refractivity contribution in [2.45, 2.75) is 85.2 Å². The van der Waals surface area contributed by atoms with E-state index in [1.807, 2.05) is 0 Å². The molecular weight excluding hydrogens is 372 g/mol. The lowest BCUT2D eigenvalue weighted by Crippen LogP contribution is -2.50. The second-order valence-corrected chi connectivity index (χ2v) is 9.40. The molecule has 168 valence electrons. The number of amides is 1. The number of nitrogens with zero attached hydrogens (tertiary/aromatic N) is 2. The maximum Gasteiger partial charge on any atom is 0.225 e. The fraction of sp³-hybridized carbons (Fsp3) is 0.680. The maximum atomic E-state index is 12.6. The number of benzene rings is 1. The Bertz CT molecular complexity index is 678. The van der Waals surface area contributed by atoms with E-state index in [4.69, 9.17) is 4.99 Å². The molecule has 2 N–H and O–H groups in total. The Balaban J connectivity index is 1.90. The Morgan fingerprint density at radius 1 is 1.10 bits per heavy atom. The Morgan fingerprint density at radius 2 is 1.70 bits per heavy atom. The zero-order valence-electron chi connectivity index (χ0n) is 19.9. The molecule has 0 aliphatic carbocycles. The minimum Gasteiger partial charge on any atom is -0.357 e. The minimum atomic E-state index is 0.169. The lowest BCUT2D eigenvalue weighted by Gasteiger charge is -2.34. The molecule has 0 saturated carbocycles. The third kappa shape index (κ3) is 7.03. The molecule has 1 saturated heterocycles. The van der Waals surface area contributed by atoms with Crippen LogP contribution in [-0.4, -0.2) is 42.4 Å². The topological polar surface area (TPSA) is 56.7 Å². The van der Waals surface area contributed by atoms with Crippen molar-refractivity contribution in [3.63, 3.8) is 0 Å². The van der Waals surface area contributed by atoms with E-state index in [-0.39, 0.29) is 11.3 Å². The lowest BCUT2D eigenvalue weighted by molar-refractivity contribution is -0.136. The minimum absolute atomic E-state index is 0.169. The number of hydrogen-bond donors (Lipinski definition) is 2. The van der Waals surface area contributed by atoms with Gasteiger partial charge in [0.05, 0.1) is 6.54 Å². The van der Waals surface area contributed by atoms with E-state index in [1.54, 1.807) is 0 Å². The van der Waals surface area contributed by atoms with Gasteiger partial charge in [-0.1, -0.05) is 58.9 Å². The highest BCUT2D eigenvalue weighted by molar-refractivity contribution is 5.80. The number of rotatable bonds is 7. The zero-order valence-corrected chi connectivity index (χ0v) is 19.9. The molecule has 1 amide bonds. The molecular formula is C25H42N4O. The highest BCUT2D eigenvalue weighted by Crippen LogP contribution is 2.22. The summed E-state index contributed by atoms with van der Waals surface area (Å²) in [5, 5.41) is 6.94. The number of guanidine groups is 1. The van der Waals surface area contributed by atoms with Crippen LogP contribution < -0.4 is 10.6 Å². The van der Waals surface area contributed by atoms with Crippen molar-refractivity contribution < 1.29 is 4.79 Å². The van der Waals surface area contributed by atoms with Crippen LogP contribution in [0.3, 0.4) is 0 Å². The first-order valence-electron chi connectivity index (χ1n) is 11.7. The van der Waals surface area contributed by atoms with Gasteiger partial charge in [-0.25, -0.2) is 4.99 Å². The lowest BCUT2D eigenvalue weighted by atomic mass is 9.87. The first kappa shape index (κ1) is 24.2. The van der Waals surface area contributed by atoms with Gasteiger partial charge in [0.1, 0.15) is 0 Å². The van der Waals surface area contributed by atoms with E-state index in [2.05, 4.69) is 81.3 Å². The molecule has 0 unspecified atom stereocenters. The molecule has 1 aromatic carbocycles. The predicted molar refractivity (Wildman–Crippen MR) is 127 cm³/mol. The van der Waals surface area contributed by atoms with Gasteiger partial charge >= 0.3 is 0 Å². The number of carbonyl (C=O) groups is 1. The molecule has 1 aromatic rings. The van der Waals surface area contributed by atoms with Crippen LogP contribution in [0.15, 0.2) is 29.3 Å². The molecule has 1 heterocycles. The summed E-state index contributed by atoms with van der Waals surface area (Å²) in [7, 11) is 0. The molecule has 0 bridgehead atoms. The summed E-state index contributed by atoms with van der Waals surface area (Å²) in [6, 6.07) is 9.12. The molecule has 30 heavy (non-hydrogen) atoms. The zero-order chi connectivity index (χ0) is 22.1. The number of carbonyl (C=O) groups excluding carboxylic acids is 1. The highest BCUT2D eigenvalue weighted by atomic mass is 16.2. The average molecular weight is 415 g/mol. The predicted octanol–water partition coefficient (Wildman–Crippen LogP) is 4.47. The van der Waals surface area contributed by atoms with Gasteiger partial charge in [0, 0.05) is 31.6 Å². The Labute approximate surface area is 183 Å². The standard InChI is InChI=1S/C25H42N4O/c1-7-20(8-2)23(30)29-16-14-22(15-17-29)28-24(26-9-3)27-18-19-10-12-21(13-11-19)25(4,5)6/h10-13,20,22H,7-9,14-18H2,1-6H3,(H2,26,27,28). The Kier molecular flexibility index (Phi) is 9.19. The second kappa shape index (κ2) is 11.4. The SMILES string of the molecule is CCNC(=NCc1ccc(C(C)(C)C)cc1)NC1CCN(C(=O)C(CC)CC)CC1. The number of nitrogens with one attached hydrogen (secondary N) is 2. The highest BCUT2D eigenvalue weighted by Gasteiger charge is 2.26. The average Bonchev–Trinajstić information content (AvgIpc) is 2.73. The summed E-state index contributed by atoms with van der Waals surface area (Å²) >= 11 is 0. The second-order valence-electron chi connectivity index (χ2n) is 9.40. The molecule has 1 aliphatic rings. The smallest absolute Gasteiger partial charge is 0.225 e. The van der Waals surface area contributed by atoms with Gasteiger partial charge in [-0.3, -0.25) is 4.79 Å². The quantitative estimate of drug-likeness (QED) is 0.511. The summed E-state index contributed by atoms with van der Waals surface area (Å²) < 4.78 is 0. The monoisotopic (exact) mass is 414 g/mol. The van der Waals surface area contributed by atoms with Crippen LogP contribution >= 0.6 is 0 Å². The van der Waals surface area contributed by atoms with Crippen molar-refractivity contribution in [3.8, 4) is 0 Å². The molecule has 0 aromatic heterocycles. The Morgan fingerprint density at radius 3 is 2.20 bits per heavy atom. The molecule has 5 nitrogen and oxygen atoms in total. The summed E-state index contributed by atoms with van der Waals surface area (Å²) in [4.78, 5) is 19.5. The van der Waals surface area contributed by atoms with Gasteiger partial charge in [0.15, 0.2) is 5.96 Å². The molecule has 5 heteroatoms. The third-order valence-electron chi connectivity index (χ3n) is 6.07. The third-order valence-corrected chi connectivity index (χ3v) is 6.07. The number of hydrogen-bond acceptors (Lipinski definition) is 2. The van der Waals surface area contributed by atoms with Gasteiger partial charge < -0.3 is 15.5 Å². The molecule has 2 rings (SSSR count). The number of aliphatic imine (C=N–C) groups is 1. The van der Waals surface area contributed by atoms with Crippen molar-refractivity contribution in [2.24, 2.45) is 10.9 Å². The van der Waals surface area contributed by atoms with Crippen LogP contribution in [0, 0.1) is 5.92 Å². The molecule has 0 atom stereocenters. The number of piperidine rings is 1. The van der Waals surface area contributed by atoms with Gasteiger partial charge in [-0.05, 0) is 49.1 Å². The van der Waals surface area contributed by atoms with Crippen LogP contribution in [-0.2, 0) is 16.8 Å². The summed E-state index contributed by atoms with van der Waals surface area (Å²) in [6.45, 7) is 16.2. The molecule has 0 radical (unpaired) electrons. The van der Waals surface area contributed by atoms with E-state index in [0.29, 0.717) is 18.5 Å². The van der Waals surface area contributed by atoms with Gasteiger partial charge in [-0.15, -0.1) is 0 Å². The van der Waals surface area contributed by atoms with Crippen LogP contribution in [0.1, 0.15) is 78.4 Å². The van der Waals surface area contributed by atoms with Gasteiger partial charge in [0.25, 0.3) is 0 Å². The van der Waals surface area contributed by atoms with Crippen molar-refractivity contribution in [3.05, 3.63) is 35.4 Å². The van der Waals surface area contributed by atoms with E-state index < -0.39 is 0 Å². The fourth-order valence-electron chi connectivity index (χ4n) is 3.93. The maximum absolute atomic E-state index is 12.6. The molecule has 0 spiro atoms. The van der Waals surface area contributed by atoms with Crippen LogP contribution in [0.25, 0.3) is 0 Å². The van der Waals surface area contributed by atoms with E-state index in [0.717, 1.165) is 51.3 Å². The molecule has 1 fully saturated rings. The van der Waals surface area contributed by atoms with Crippen LogP contribution in [0.4, 0.5) is 0 Å².